The average Bonchev–Trinajstić information content (AvgIpc) is 2.76. The first-order valence-electron chi connectivity index (χ1n) is 9.63. The molecule has 4 aromatic carbocycles. The number of esters is 1. The lowest BCUT2D eigenvalue weighted by molar-refractivity contribution is -0.129. The van der Waals surface area contributed by atoms with E-state index in [1.54, 1.807) is 6.92 Å². The van der Waals surface area contributed by atoms with Gasteiger partial charge in [-0.05, 0) is 12.5 Å². The van der Waals surface area contributed by atoms with Crippen molar-refractivity contribution in [3.8, 4) is 11.5 Å². The highest BCUT2D eigenvalue weighted by molar-refractivity contribution is 6.12. The third-order valence-electron chi connectivity index (χ3n) is 4.86. The lowest BCUT2D eigenvalue weighted by atomic mass is 10.0. The molecule has 0 fully saturated rings. The van der Waals surface area contributed by atoms with Gasteiger partial charge in [0.1, 0.15) is 11.5 Å². The molecular weight excluding hydrogens is 360 g/mol. The Morgan fingerprint density at radius 2 is 1.24 bits per heavy atom. The standard InChI is InChI=1S/C26H22O3/c1-18(2)26(27)29-25-22-14-8-6-12-20(22)24(21-13-7-9-15-23(21)25)28-17-16-19-10-4-3-5-11-19/h3-15H,1,16-17H2,2H3. The summed E-state index contributed by atoms with van der Waals surface area (Å²) in [6.45, 7) is 5.90. The number of ether oxygens (including phenoxy) is 2. The van der Waals surface area contributed by atoms with Crippen molar-refractivity contribution in [3.63, 3.8) is 0 Å². The predicted molar refractivity (Wildman–Crippen MR) is 118 cm³/mol. The van der Waals surface area contributed by atoms with E-state index in [2.05, 4.69) is 18.7 Å². The molecule has 0 atom stereocenters. The van der Waals surface area contributed by atoms with E-state index in [0.717, 1.165) is 33.7 Å². The molecule has 0 aromatic heterocycles. The molecule has 0 saturated carbocycles. The van der Waals surface area contributed by atoms with Gasteiger partial charge in [-0.3, -0.25) is 0 Å². The molecular formula is C26H22O3. The fourth-order valence-corrected chi connectivity index (χ4v) is 3.41. The van der Waals surface area contributed by atoms with Gasteiger partial charge in [0.15, 0.2) is 0 Å². The van der Waals surface area contributed by atoms with Crippen LogP contribution in [0.5, 0.6) is 11.5 Å². The largest absolute Gasteiger partial charge is 0.492 e. The van der Waals surface area contributed by atoms with Crippen molar-refractivity contribution in [2.75, 3.05) is 6.61 Å². The molecule has 4 aromatic rings. The summed E-state index contributed by atoms with van der Waals surface area (Å²) in [6.07, 6.45) is 0.815. The Bertz CT molecular complexity index is 1140. The number of carbonyl (C=O) groups excluding carboxylic acids is 1. The van der Waals surface area contributed by atoms with Crippen LogP contribution in [-0.2, 0) is 11.2 Å². The zero-order valence-corrected chi connectivity index (χ0v) is 16.4. The van der Waals surface area contributed by atoms with Gasteiger partial charge in [0.25, 0.3) is 0 Å². The third kappa shape index (κ3) is 3.85. The first-order valence-corrected chi connectivity index (χ1v) is 9.63. The Morgan fingerprint density at radius 3 is 1.76 bits per heavy atom. The molecule has 0 aliphatic heterocycles. The monoisotopic (exact) mass is 382 g/mol. The fraction of sp³-hybridized carbons (Fsp3) is 0.115. The summed E-state index contributed by atoms with van der Waals surface area (Å²) in [5.41, 5.74) is 1.59. The lowest BCUT2D eigenvalue weighted by Crippen LogP contribution is -2.09. The Kier molecular flexibility index (Phi) is 5.30. The van der Waals surface area contributed by atoms with Gasteiger partial charge in [-0.25, -0.2) is 4.79 Å². The van der Waals surface area contributed by atoms with Crippen LogP contribution < -0.4 is 9.47 Å². The molecule has 0 amide bonds. The molecule has 0 aliphatic carbocycles. The quantitative estimate of drug-likeness (QED) is 0.175. The van der Waals surface area contributed by atoms with Gasteiger partial charge in [0, 0.05) is 33.5 Å². The number of rotatable bonds is 6. The maximum atomic E-state index is 12.3. The minimum Gasteiger partial charge on any atom is -0.492 e. The molecule has 4 rings (SSSR count). The molecule has 3 heteroatoms. The van der Waals surface area contributed by atoms with E-state index in [0.29, 0.717) is 17.9 Å². The van der Waals surface area contributed by atoms with E-state index in [-0.39, 0.29) is 0 Å². The van der Waals surface area contributed by atoms with Crippen LogP contribution in [0.1, 0.15) is 12.5 Å². The van der Waals surface area contributed by atoms with Crippen LogP contribution in [0.25, 0.3) is 21.5 Å². The number of fused-ring (bicyclic) bond motifs is 2. The summed E-state index contributed by atoms with van der Waals surface area (Å²) in [5, 5.41) is 3.53. The molecule has 0 saturated heterocycles. The number of carbonyl (C=O) groups is 1. The average molecular weight is 382 g/mol. The highest BCUT2D eigenvalue weighted by atomic mass is 16.5. The molecule has 0 unspecified atom stereocenters. The summed E-state index contributed by atoms with van der Waals surface area (Å²) >= 11 is 0. The Balaban J connectivity index is 1.79. The molecule has 0 heterocycles. The van der Waals surface area contributed by atoms with Gasteiger partial charge in [0.05, 0.1) is 6.61 Å². The lowest BCUT2D eigenvalue weighted by Gasteiger charge is -2.17. The van der Waals surface area contributed by atoms with Gasteiger partial charge < -0.3 is 9.47 Å². The van der Waals surface area contributed by atoms with Crippen LogP contribution in [0.3, 0.4) is 0 Å². The minimum atomic E-state index is -0.432. The summed E-state index contributed by atoms with van der Waals surface area (Å²) in [5.74, 6) is 0.917. The zero-order valence-electron chi connectivity index (χ0n) is 16.4. The van der Waals surface area contributed by atoms with Crippen LogP contribution >= 0.6 is 0 Å². The topological polar surface area (TPSA) is 35.5 Å². The fourth-order valence-electron chi connectivity index (χ4n) is 3.41. The normalized spacial score (nSPS) is 10.8. The van der Waals surface area contributed by atoms with Gasteiger partial charge in [0.2, 0.25) is 0 Å². The van der Waals surface area contributed by atoms with Crippen molar-refractivity contribution < 1.29 is 14.3 Å². The maximum Gasteiger partial charge on any atom is 0.338 e. The van der Waals surface area contributed by atoms with Crippen molar-refractivity contribution >= 4 is 27.5 Å². The van der Waals surface area contributed by atoms with Crippen LogP contribution in [0, 0.1) is 0 Å². The molecule has 0 spiro atoms. The second kappa shape index (κ2) is 8.19. The van der Waals surface area contributed by atoms with Crippen molar-refractivity contribution in [2.24, 2.45) is 0 Å². The SMILES string of the molecule is C=C(C)C(=O)Oc1c2ccccc2c(OCCc2ccccc2)c2ccccc12. The molecule has 29 heavy (non-hydrogen) atoms. The van der Waals surface area contributed by atoms with Crippen LogP contribution in [-0.4, -0.2) is 12.6 Å². The van der Waals surface area contributed by atoms with Gasteiger partial charge in [-0.2, -0.15) is 0 Å². The smallest absolute Gasteiger partial charge is 0.338 e. The van der Waals surface area contributed by atoms with Crippen molar-refractivity contribution in [3.05, 3.63) is 96.6 Å². The van der Waals surface area contributed by atoms with E-state index in [9.17, 15) is 4.79 Å². The van der Waals surface area contributed by atoms with Crippen molar-refractivity contribution in [1.29, 1.82) is 0 Å². The molecule has 0 N–H and O–H groups in total. The Labute approximate surface area is 170 Å². The van der Waals surface area contributed by atoms with E-state index < -0.39 is 5.97 Å². The molecule has 0 aliphatic rings. The van der Waals surface area contributed by atoms with Gasteiger partial charge in [-0.15, -0.1) is 0 Å². The molecule has 3 nitrogen and oxygen atoms in total. The zero-order chi connectivity index (χ0) is 20.2. The van der Waals surface area contributed by atoms with E-state index in [1.807, 2.05) is 66.7 Å². The molecule has 0 bridgehead atoms. The maximum absolute atomic E-state index is 12.3. The van der Waals surface area contributed by atoms with Crippen molar-refractivity contribution in [1.82, 2.24) is 0 Å². The van der Waals surface area contributed by atoms with Gasteiger partial charge >= 0.3 is 5.97 Å². The van der Waals surface area contributed by atoms with E-state index in [1.165, 1.54) is 5.56 Å². The second-order valence-corrected chi connectivity index (χ2v) is 7.00. The van der Waals surface area contributed by atoms with E-state index in [4.69, 9.17) is 9.47 Å². The Morgan fingerprint density at radius 1 is 0.759 bits per heavy atom. The number of hydrogen-bond acceptors (Lipinski definition) is 3. The Hall–Kier alpha value is -3.59. The van der Waals surface area contributed by atoms with Crippen LogP contribution in [0.15, 0.2) is 91.0 Å². The second-order valence-electron chi connectivity index (χ2n) is 7.00. The van der Waals surface area contributed by atoms with Crippen molar-refractivity contribution in [2.45, 2.75) is 13.3 Å². The van der Waals surface area contributed by atoms with E-state index >= 15 is 0 Å². The summed E-state index contributed by atoms with van der Waals surface area (Å²) in [7, 11) is 0. The highest BCUT2D eigenvalue weighted by Gasteiger charge is 2.18. The summed E-state index contributed by atoms with van der Waals surface area (Å²) in [4.78, 5) is 12.3. The number of hydrogen-bond donors (Lipinski definition) is 0. The third-order valence-corrected chi connectivity index (χ3v) is 4.86. The highest BCUT2D eigenvalue weighted by Crippen LogP contribution is 2.42. The predicted octanol–water partition coefficient (Wildman–Crippen LogP) is 6.10. The minimum absolute atomic E-state index is 0.362. The summed E-state index contributed by atoms with van der Waals surface area (Å²) < 4.78 is 12.0. The first kappa shape index (κ1) is 18.8. The van der Waals surface area contributed by atoms with Crippen LogP contribution in [0.4, 0.5) is 0 Å². The number of benzene rings is 4. The van der Waals surface area contributed by atoms with Gasteiger partial charge in [-0.1, -0.05) is 85.4 Å². The van der Waals surface area contributed by atoms with Crippen LogP contribution in [0.2, 0.25) is 0 Å². The molecule has 144 valence electrons. The summed E-state index contributed by atoms with van der Waals surface area (Å²) in [6, 6.07) is 26.0. The first-order chi connectivity index (χ1) is 14.1. The molecule has 0 radical (unpaired) electrons.